The molecule has 1 aromatic rings. The largest absolute Gasteiger partial charge is 0.368 e. The van der Waals surface area contributed by atoms with Gasteiger partial charge < -0.3 is 25.1 Å². The van der Waals surface area contributed by atoms with Crippen LogP contribution in [-0.2, 0) is 38.5 Å². The van der Waals surface area contributed by atoms with Crippen LogP contribution in [0.5, 0.6) is 0 Å². The van der Waals surface area contributed by atoms with E-state index >= 15 is 0 Å². The lowest BCUT2D eigenvalue weighted by atomic mass is 10.2. The quantitative estimate of drug-likeness (QED) is 0.491. The average molecular weight is 537 g/mol. The molecule has 14 nitrogen and oxygen atoms in total. The number of amides is 2. The Balaban J connectivity index is 2.10. The molecule has 2 amide bonds. The van der Waals surface area contributed by atoms with E-state index in [0.29, 0.717) is 24.5 Å². The molecule has 210 valence electrons. The first-order valence-electron chi connectivity index (χ1n) is 12.2. The second-order valence-corrected chi connectivity index (χ2v) is 8.62. The van der Waals surface area contributed by atoms with Gasteiger partial charge in [0.1, 0.15) is 0 Å². The fraction of sp³-hybridized carbons (Fsp3) is 0.542. The first-order chi connectivity index (χ1) is 18.0. The summed E-state index contributed by atoms with van der Waals surface area (Å²) >= 11 is 0. The Hall–Kier alpha value is -3.59. The molecule has 14 heteroatoms. The molecule has 1 aromatic carbocycles. The highest BCUT2D eigenvalue weighted by molar-refractivity contribution is 5.93. The third-order valence-corrected chi connectivity index (χ3v) is 5.16. The maximum Gasteiger partial charge on any atom is 0.322 e. The van der Waals surface area contributed by atoms with E-state index in [1.807, 2.05) is 4.90 Å². The van der Waals surface area contributed by atoms with E-state index in [1.54, 1.807) is 24.3 Å². The maximum absolute atomic E-state index is 12.8. The van der Waals surface area contributed by atoms with Crippen molar-refractivity contribution < 1.29 is 38.5 Å². The lowest BCUT2D eigenvalue weighted by Gasteiger charge is -2.31. The minimum absolute atomic E-state index is 0.0227. The molecule has 0 saturated carbocycles. The first-order valence-corrected chi connectivity index (χ1v) is 12.2. The van der Waals surface area contributed by atoms with Crippen molar-refractivity contribution in [2.24, 2.45) is 0 Å². The summed E-state index contributed by atoms with van der Waals surface area (Å²) in [5.41, 5.74) is 1.18. The van der Waals surface area contributed by atoms with E-state index in [9.17, 15) is 24.0 Å². The van der Waals surface area contributed by atoms with Gasteiger partial charge in [-0.2, -0.15) is 0 Å². The Morgan fingerprint density at radius 1 is 0.605 bits per heavy atom. The summed E-state index contributed by atoms with van der Waals surface area (Å²) < 4.78 is 0. The lowest BCUT2D eigenvalue weighted by molar-refractivity contribution is -0.217. The van der Waals surface area contributed by atoms with E-state index in [-0.39, 0.29) is 57.6 Å². The summed E-state index contributed by atoms with van der Waals surface area (Å²) in [7, 11) is 0. The van der Waals surface area contributed by atoms with Crippen LogP contribution in [0.4, 0.5) is 11.4 Å². The molecule has 1 aliphatic heterocycles. The molecule has 2 rings (SSSR count). The van der Waals surface area contributed by atoms with Gasteiger partial charge in [0.2, 0.25) is 11.8 Å². The molecule has 1 aliphatic rings. The predicted octanol–water partition coefficient (Wildman–Crippen LogP) is 0.239. The minimum atomic E-state index is -0.503. The zero-order valence-electron chi connectivity index (χ0n) is 22.2. The summed E-state index contributed by atoms with van der Waals surface area (Å²) in [6, 6.07) is 6.72. The van der Waals surface area contributed by atoms with Crippen LogP contribution in [0.2, 0.25) is 0 Å². The molecule has 1 saturated heterocycles. The zero-order valence-corrected chi connectivity index (χ0v) is 22.2. The van der Waals surface area contributed by atoms with Gasteiger partial charge in [0.25, 0.3) is 0 Å². The number of nitrogens with zero attached hydrogens (tertiary/aromatic N) is 4. The molecule has 0 radical (unpaired) electrons. The molecular formula is C24H36N6O8. The van der Waals surface area contributed by atoms with E-state index in [2.05, 4.69) is 10.6 Å². The smallest absolute Gasteiger partial charge is 0.322 e. The molecule has 0 aliphatic carbocycles. The Bertz CT molecular complexity index is 941. The monoisotopic (exact) mass is 536 g/mol. The highest BCUT2D eigenvalue weighted by Gasteiger charge is 2.21. The number of carbonyl (C=O) groups excluding carboxylic acids is 5. The van der Waals surface area contributed by atoms with Crippen molar-refractivity contribution >= 4 is 41.1 Å². The molecular weight excluding hydrogens is 500 g/mol. The topological polar surface area (TPSA) is 150 Å². The highest BCUT2D eigenvalue weighted by atomic mass is 16.7. The number of hydroxylamine groups is 6. The summed E-state index contributed by atoms with van der Waals surface area (Å²) in [5, 5.41) is 9.81. The Kier molecular flexibility index (Phi) is 12.6. The van der Waals surface area contributed by atoms with Gasteiger partial charge in [0.05, 0.1) is 32.7 Å². The van der Waals surface area contributed by atoms with Gasteiger partial charge in [0.15, 0.2) is 0 Å². The molecule has 0 aromatic heterocycles. The average Bonchev–Trinajstić information content (AvgIpc) is 2.80. The molecule has 1 heterocycles. The van der Waals surface area contributed by atoms with Gasteiger partial charge in [-0.05, 0) is 24.3 Å². The Morgan fingerprint density at radius 3 is 1.29 bits per heavy atom. The predicted molar refractivity (Wildman–Crippen MR) is 136 cm³/mol. The molecule has 2 N–H and O–H groups in total. The molecule has 38 heavy (non-hydrogen) atoms. The van der Waals surface area contributed by atoms with E-state index in [0.717, 1.165) is 0 Å². The molecule has 1 fully saturated rings. The number of nitrogens with one attached hydrogen (secondary N) is 2. The number of rotatable bonds is 7. The van der Waals surface area contributed by atoms with Crippen LogP contribution in [0.1, 0.15) is 27.7 Å². The van der Waals surface area contributed by atoms with Crippen LogP contribution in [0.25, 0.3) is 0 Å². The first kappa shape index (κ1) is 30.6. The van der Waals surface area contributed by atoms with Gasteiger partial charge in [0, 0.05) is 65.2 Å². The van der Waals surface area contributed by atoms with Gasteiger partial charge in [-0.1, -0.05) is 0 Å². The Morgan fingerprint density at radius 2 is 0.947 bits per heavy atom. The zero-order chi connectivity index (χ0) is 28.1. The lowest BCUT2D eigenvalue weighted by Crippen LogP contribution is -2.48. The fourth-order valence-electron chi connectivity index (χ4n) is 3.62. The maximum atomic E-state index is 12.8. The summed E-state index contributed by atoms with van der Waals surface area (Å²) in [6.45, 7) is 7.49. The number of carbonyl (C=O) groups is 5. The van der Waals surface area contributed by atoms with Crippen LogP contribution < -0.4 is 10.6 Å². The van der Waals surface area contributed by atoms with Crippen LogP contribution in [0, 0.1) is 0 Å². The van der Waals surface area contributed by atoms with Crippen molar-refractivity contribution in [2.45, 2.75) is 27.7 Å². The van der Waals surface area contributed by atoms with Gasteiger partial charge >= 0.3 is 17.9 Å². The van der Waals surface area contributed by atoms with Crippen molar-refractivity contribution in [1.29, 1.82) is 0 Å². The van der Waals surface area contributed by atoms with Crippen LogP contribution >= 0.6 is 0 Å². The van der Waals surface area contributed by atoms with Crippen LogP contribution in [-0.4, -0.2) is 109 Å². The third kappa shape index (κ3) is 12.6. The van der Waals surface area contributed by atoms with Crippen molar-refractivity contribution in [3.8, 4) is 0 Å². The van der Waals surface area contributed by atoms with Gasteiger partial charge in [-0.15, -0.1) is 15.2 Å². The molecule has 0 bridgehead atoms. The minimum Gasteiger partial charge on any atom is -0.368 e. The van der Waals surface area contributed by atoms with Crippen molar-refractivity contribution in [3.05, 3.63) is 24.3 Å². The van der Waals surface area contributed by atoms with Crippen molar-refractivity contribution in [2.75, 3.05) is 69.5 Å². The second-order valence-electron chi connectivity index (χ2n) is 8.62. The second kappa shape index (κ2) is 15.6. The summed E-state index contributed by atoms with van der Waals surface area (Å²) in [6.07, 6.45) is 0. The van der Waals surface area contributed by atoms with E-state index in [4.69, 9.17) is 14.5 Å². The highest BCUT2D eigenvalue weighted by Crippen LogP contribution is 2.13. The van der Waals surface area contributed by atoms with E-state index < -0.39 is 17.9 Å². The SMILES string of the molecule is CC(=O)Nc1ccc(NC(=O)CN2CCN(OC(C)=O)CCN(OC(C)=O)CCN(OC(C)=O)CC2)cc1. The number of benzene rings is 1. The summed E-state index contributed by atoms with van der Waals surface area (Å²) in [4.78, 5) is 76.4. The molecule has 0 spiro atoms. The summed E-state index contributed by atoms with van der Waals surface area (Å²) in [5.74, 6) is -1.96. The van der Waals surface area contributed by atoms with Gasteiger partial charge in [-0.3, -0.25) is 28.9 Å². The van der Waals surface area contributed by atoms with E-state index in [1.165, 1.54) is 42.9 Å². The van der Waals surface area contributed by atoms with Crippen LogP contribution in [0.15, 0.2) is 24.3 Å². The standard InChI is InChI=1S/C24H36N6O8/c1-18(31)25-22-5-7-23(8-6-22)26-24(35)17-27-9-11-28(36-19(2)32)13-15-30(38-21(4)34)16-14-29(12-10-27)37-20(3)33/h5-8H,9-17H2,1-4H3,(H,25,31)(H,26,35). The number of hydrogen-bond acceptors (Lipinski definition) is 12. The number of anilines is 2. The Labute approximate surface area is 221 Å². The third-order valence-electron chi connectivity index (χ3n) is 5.16. The van der Waals surface area contributed by atoms with Gasteiger partial charge in [-0.25, -0.2) is 0 Å². The normalized spacial score (nSPS) is 16.8. The molecule has 0 unspecified atom stereocenters. The van der Waals surface area contributed by atoms with Crippen molar-refractivity contribution in [3.63, 3.8) is 0 Å². The molecule has 0 atom stereocenters. The fourth-order valence-corrected chi connectivity index (χ4v) is 3.62. The van der Waals surface area contributed by atoms with Crippen LogP contribution in [0.3, 0.4) is 0 Å². The number of hydrogen-bond donors (Lipinski definition) is 2. The van der Waals surface area contributed by atoms with Crippen molar-refractivity contribution in [1.82, 2.24) is 20.1 Å².